The van der Waals surface area contributed by atoms with Crippen LogP contribution in [0.5, 0.6) is 5.75 Å². The lowest BCUT2D eigenvalue weighted by atomic mass is 10.0. The molecule has 3 aromatic heterocycles. The number of ether oxygens (including phenoxy) is 1. The Labute approximate surface area is 181 Å². The van der Waals surface area contributed by atoms with Crippen LogP contribution in [0.1, 0.15) is 29.0 Å². The summed E-state index contributed by atoms with van der Waals surface area (Å²) in [4.78, 5) is 31.5. The average Bonchev–Trinajstić information content (AvgIpc) is 3.45. The highest BCUT2D eigenvalue weighted by Crippen LogP contribution is 2.36. The summed E-state index contributed by atoms with van der Waals surface area (Å²) in [7, 11) is 1.54. The molecule has 0 saturated heterocycles. The van der Waals surface area contributed by atoms with Crippen molar-refractivity contribution in [3.63, 3.8) is 0 Å². The topological polar surface area (TPSA) is 123 Å². The predicted octanol–water partition coefficient (Wildman–Crippen LogP) is 2.57. The SMILES string of the molecule is COc1ccc(/C(=C\N)C(=O)N2CCc3[nH]cnc3[C@H]2c2nc3cc(F)ccc3o2)nc1. The molecule has 5 rings (SSSR count). The smallest absolute Gasteiger partial charge is 0.258 e. The van der Waals surface area contributed by atoms with E-state index in [0.717, 1.165) is 5.69 Å². The van der Waals surface area contributed by atoms with Gasteiger partial charge in [0.05, 0.1) is 36.6 Å². The van der Waals surface area contributed by atoms with Crippen LogP contribution in [0.2, 0.25) is 0 Å². The molecule has 1 atom stereocenters. The number of H-pyrrole nitrogens is 1. The van der Waals surface area contributed by atoms with Gasteiger partial charge in [-0.1, -0.05) is 0 Å². The fourth-order valence-electron chi connectivity index (χ4n) is 3.86. The number of pyridine rings is 1. The number of nitrogens with zero attached hydrogens (tertiary/aromatic N) is 4. The van der Waals surface area contributed by atoms with Crippen LogP contribution in [0.3, 0.4) is 0 Å². The van der Waals surface area contributed by atoms with Gasteiger partial charge in [-0.2, -0.15) is 0 Å². The molecule has 0 unspecified atom stereocenters. The van der Waals surface area contributed by atoms with E-state index in [1.54, 1.807) is 23.4 Å². The summed E-state index contributed by atoms with van der Waals surface area (Å²) < 4.78 is 24.7. The van der Waals surface area contributed by atoms with Crippen molar-refractivity contribution in [1.82, 2.24) is 24.8 Å². The summed E-state index contributed by atoms with van der Waals surface area (Å²) in [6.45, 7) is 0.374. The van der Waals surface area contributed by atoms with E-state index >= 15 is 0 Å². The summed E-state index contributed by atoms with van der Waals surface area (Å²) in [6.07, 6.45) is 4.88. The van der Waals surface area contributed by atoms with E-state index in [4.69, 9.17) is 14.9 Å². The van der Waals surface area contributed by atoms with Crippen molar-refractivity contribution in [3.05, 3.63) is 77.8 Å². The fraction of sp³-hybridized carbons (Fsp3) is 0.182. The van der Waals surface area contributed by atoms with Gasteiger partial charge in [0.1, 0.15) is 17.1 Å². The van der Waals surface area contributed by atoms with E-state index in [-0.39, 0.29) is 17.4 Å². The summed E-state index contributed by atoms with van der Waals surface area (Å²) >= 11 is 0. The highest BCUT2D eigenvalue weighted by molar-refractivity contribution is 6.19. The number of halogens is 1. The van der Waals surface area contributed by atoms with Crippen molar-refractivity contribution in [2.24, 2.45) is 5.73 Å². The number of carbonyl (C=O) groups excluding carboxylic acids is 1. The number of aromatic amines is 1. The number of nitrogens with two attached hydrogens (primary N) is 1. The lowest BCUT2D eigenvalue weighted by molar-refractivity contribution is -0.127. The van der Waals surface area contributed by atoms with E-state index < -0.39 is 11.9 Å². The van der Waals surface area contributed by atoms with Crippen LogP contribution in [-0.2, 0) is 11.2 Å². The molecular formula is C22H19FN6O3. The number of imidazole rings is 1. The van der Waals surface area contributed by atoms with Gasteiger partial charge in [0, 0.05) is 30.9 Å². The molecule has 32 heavy (non-hydrogen) atoms. The maximum Gasteiger partial charge on any atom is 0.258 e. The molecular weight excluding hydrogens is 415 g/mol. The minimum absolute atomic E-state index is 0.221. The zero-order valence-corrected chi connectivity index (χ0v) is 17.1. The normalized spacial score (nSPS) is 16.2. The molecule has 1 amide bonds. The lowest BCUT2D eigenvalue weighted by Crippen LogP contribution is -2.41. The molecule has 1 aliphatic rings. The largest absolute Gasteiger partial charge is 0.495 e. The van der Waals surface area contributed by atoms with Crippen molar-refractivity contribution in [2.75, 3.05) is 13.7 Å². The third-order valence-electron chi connectivity index (χ3n) is 5.43. The third kappa shape index (κ3) is 3.25. The predicted molar refractivity (Wildman–Crippen MR) is 113 cm³/mol. The van der Waals surface area contributed by atoms with Crippen LogP contribution in [0.15, 0.2) is 53.5 Å². The highest BCUT2D eigenvalue weighted by atomic mass is 19.1. The van der Waals surface area contributed by atoms with Crippen LogP contribution in [0, 0.1) is 5.82 Å². The Bertz CT molecular complexity index is 1330. The first-order valence-corrected chi connectivity index (χ1v) is 9.90. The Morgan fingerprint density at radius 3 is 2.97 bits per heavy atom. The Morgan fingerprint density at radius 1 is 1.34 bits per heavy atom. The van der Waals surface area contributed by atoms with E-state index in [0.29, 0.717) is 41.2 Å². The van der Waals surface area contributed by atoms with Crippen molar-refractivity contribution in [2.45, 2.75) is 12.5 Å². The summed E-state index contributed by atoms with van der Waals surface area (Å²) in [6, 6.07) is 6.75. The monoisotopic (exact) mass is 434 g/mol. The lowest BCUT2D eigenvalue weighted by Gasteiger charge is -2.33. The van der Waals surface area contributed by atoms with Crippen LogP contribution in [-0.4, -0.2) is 44.4 Å². The molecule has 1 aliphatic heterocycles. The van der Waals surface area contributed by atoms with Crippen LogP contribution >= 0.6 is 0 Å². The molecule has 10 heteroatoms. The molecule has 1 aromatic carbocycles. The zero-order valence-electron chi connectivity index (χ0n) is 17.1. The molecule has 0 saturated carbocycles. The van der Waals surface area contributed by atoms with Crippen LogP contribution < -0.4 is 10.5 Å². The quantitative estimate of drug-likeness (QED) is 0.473. The second-order valence-electron chi connectivity index (χ2n) is 7.25. The number of carbonyl (C=O) groups is 1. The maximum absolute atomic E-state index is 13.7. The number of hydrogen-bond acceptors (Lipinski definition) is 7. The molecule has 0 spiro atoms. The molecule has 0 radical (unpaired) electrons. The zero-order chi connectivity index (χ0) is 22.2. The first-order valence-electron chi connectivity index (χ1n) is 9.90. The third-order valence-corrected chi connectivity index (χ3v) is 5.43. The second-order valence-corrected chi connectivity index (χ2v) is 7.25. The Morgan fingerprint density at radius 2 is 2.22 bits per heavy atom. The van der Waals surface area contributed by atoms with Gasteiger partial charge >= 0.3 is 0 Å². The maximum atomic E-state index is 13.7. The number of oxazole rings is 1. The minimum atomic E-state index is -0.707. The summed E-state index contributed by atoms with van der Waals surface area (Å²) in [5.74, 6) is 0.0323. The Hall–Kier alpha value is -4.21. The molecule has 162 valence electrons. The van der Waals surface area contributed by atoms with E-state index in [1.807, 2.05) is 0 Å². The molecule has 9 nitrogen and oxygen atoms in total. The number of hydrogen-bond donors (Lipinski definition) is 2. The highest BCUT2D eigenvalue weighted by Gasteiger charge is 2.38. The van der Waals surface area contributed by atoms with Gasteiger partial charge in [-0.15, -0.1) is 0 Å². The van der Waals surface area contributed by atoms with E-state index in [2.05, 4.69) is 19.9 Å². The number of aromatic nitrogens is 4. The van der Waals surface area contributed by atoms with Crippen molar-refractivity contribution in [3.8, 4) is 5.75 Å². The molecule has 3 N–H and O–H groups in total. The first-order chi connectivity index (χ1) is 15.6. The van der Waals surface area contributed by atoms with Gasteiger partial charge in [-0.25, -0.2) is 14.4 Å². The van der Waals surface area contributed by atoms with Gasteiger partial charge in [-0.05, 0) is 24.3 Å². The van der Waals surface area contributed by atoms with Gasteiger partial charge in [0.15, 0.2) is 11.6 Å². The molecule has 0 fully saturated rings. The number of nitrogens with one attached hydrogen (secondary N) is 1. The fourth-order valence-corrected chi connectivity index (χ4v) is 3.86. The second kappa shape index (κ2) is 7.80. The van der Waals surface area contributed by atoms with Crippen molar-refractivity contribution < 1.29 is 18.3 Å². The Balaban J connectivity index is 1.57. The van der Waals surface area contributed by atoms with Gasteiger partial charge < -0.3 is 24.8 Å². The number of fused-ring (bicyclic) bond motifs is 2. The Kier molecular flexibility index (Phi) is 4.81. The number of amides is 1. The number of rotatable bonds is 4. The first kappa shape index (κ1) is 19.7. The number of methoxy groups -OCH3 is 1. The van der Waals surface area contributed by atoms with E-state index in [9.17, 15) is 9.18 Å². The van der Waals surface area contributed by atoms with Crippen LogP contribution in [0.25, 0.3) is 16.7 Å². The van der Waals surface area contributed by atoms with Crippen LogP contribution in [0.4, 0.5) is 4.39 Å². The van der Waals surface area contributed by atoms with Crippen molar-refractivity contribution in [1.29, 1.82) is 0 Å². The van der Waals surface area contributed by atoms with E-state index in [1.165, 1.54) is 37.7 Å². The molecule has 0 aliphatic carbocycles. The minimum Gasteiger partial charge on any atom is -0.495 e. The van der Waals surface area contributed by atoms with Gasteiger partial charge in [0.2, 0.25) is 5.89 Å². The molecule has 0 bridgehead atoms. The summed E-state index contributed by atoms with van der Waals surface area (Å²) in [5.41, 5.74) is 8.75. The molecule has 4 heterocycles. The molecule has 4 aromatic rings. The summed E-state index contributed by atoms with van der Waals surface area (Å²) in [5, 5.41) is 0. The number of benzene rings is 1. The van der Waals surface area contributed by atoms with Crippen molar-refractivity contribution >= 4 is 22.6 Å². The van der Waals surface area contributed by atoms with Gasteiger partial charge in [0.25, 0.3) is 5.91 Å². The standard InChI is InChI=1S/C22H19FN6O3/c1-31-13-3-4-15(25-10-13)14(9-24)22(30)29-7-6-16-19(27-11-26-16)20(29)21-28-17-8-12(23)2-5-18(17)32-21/h2-5,8-11,20H,6-7,24H2,1H3,(H,26,27)/b14-9+/t20-/m0/s1. The van der Waals surface area contributed by atoms with Gasteiger partial charge in [-0.3, -0.25) is 9.78 Å². The average molecular weight is 434 g/mol.